The molecule has 0 aromatic heterocycles. The minimum Gasteiger partial charge on any atom is -0.507 e. The third kappa shape index (κ3) is 2.37. The van der Waals surface area contributed by atoms with Crippen molar-refractivity contribution in [2.24, 2.45) is 5.92 Å². The molecule has 1 N–H and O–H groups in total. The number of rotatable bonds is 3. The van der Waals surface area contributed by atoms with Gasteiger partial charge in [0.05, 0.1) is 5.60 Å². The summed E-state index contributed by atoms with van der Waals surface area (Å²) in [5.41, 5.74) is -3.17. The van der Waals surface area contributed by atoms with Gasteiger partial charge in [-0.3, -0.25) is 9.59 Å². The summed E-state index contributed by atoms with van der Waals surface area (Å²) in [5, 5.41) is 11.0. The van der Waals surface area contributed by atoms with E-state index in [1.165, 1.54) is 13.2 Å². The first-order chi connectivity index (χ1) is 16.7. The fraction of sp³-hybridized carbons (Fsp3) is 0.586. The number of aromatic hydroxyl groups is 1. The first-order valence-electron chi connectivity index (χ1n) is 12.7. The maximum absolute atomic E-state index is 14.4. The number of phenolic OH excluding ortho intramolecular Hbond substituents is 1. The van der Waals surface area contributed by atoms with Crippen LogP contribution in [-0.4, -0.2) is 52.3 Å². The number of methoxy groups -OCH3 is 1. The van der Waals surface area contributed by atoms with Crippen LogP contribution >= 0.6 is 0 Å². The molecule has 4 bridgehead atoms. The molecule has 0 amide bonds. The van der Waals surface area contributed by atoms with Crippen molar-refractivity contribution < 1.29 is 33.6 Å². The SMILES string of the molecule is CO[C@@]12C=C3C(=O)c4c(O)cc5c(c4O[C@@]34[C@@H](C1)C(C)(C)O[C@@]4(CC=C(C)C)C2=O)C(C)(C)[C@@H](C)O5. The highest BCUT2D eigenvalue weighted by atomic mass is 16.6. The molecule has 3 aliphatic carbocycles. The van der Waals surface area contributed by atoms with E-state index in [1.807, 2.05) is 54.5 Å². The van der Waals surface area contributed by atoms with Crippen LogP contribution in [0.4, 0.5) is 0 Å². The number of fused-ring (bicyclic) bond motifs is 3. The van der Waals surface area contributed by atoms with Gasteiger partial charge >= 0.3 is 0 Å². The van der Waals surface area contributed by atoms with Crippen LogP contribution < -0.4 is 9.47 Å². The first-order valence-corrected chi connectivity index (χ1v) is 12.7. The minimum absolute atomic E-state index is 0.109. The van der Waals surface area contributed by atoms with Gasteiger partial charge in [-0.1, -0.05) is 25.5 Å². The van der Waals surface area contributed by atoms with Crippen molar-refractivity contribution in [3.8, 4) is 17.2 Å². The topological polar surface area (TPSA) is 91.3 Å². The number of carbonyl (C=O) groups excluding carboxylic acids is 2. The predicted octanol–water partition coefficient (Wildman–Crippen LogP) is 4.58. The molecular formula is C29H34O7. The number of Topliss-reactive ketones (excluding diaryl/α,β-unsaturated/α-hetero) is 2. The number of ketones is 2. The van der Waals surface area contributed by atoms with Gasteiger partial charge < -0.3 is 24.1 Å². The van der Waals surface area contributed by atoms with Gasteiger partial charge in [0, 0.05) is 42.1 Å². The zero-order valence-electron chi connectivity index (χ0n) is 22.2. The molecule has 1 spiro atoms. The van der Waals surface area contributed by atoms with E-state index in [1.54, 1.807) is 6.08 Å². The Morgan fingerprint density at radius 1 is 1.22 bits per heavy atom. The highest BCUT2D eigenvalue weighted by molar-refractivity contribution is 6.19. The summed E-state index contributed by atoms with van der Waals surface area (Å²) in [6, 6.07) is 1.51. The monoisotopic (exact) mass is 494 g/mol. The van der Waals surface area contributed by atoms with E-state index < -0.39 is 27.8 Å². The van der Waals surface area contributed by atoms with Crippen LogP contribution in [0.1, 0.15) is 77.2 Å². The summed E-state index contributed by atoms with van der Waals surface area (Å²) in [4.78, 5) is 28.7. The lowest BCUT2D eigenvalue weighted by molar-refractivity contribution is -0.190. The quantitative estimate of drug-likeness (QED) is 0.615. The minimum atomic E-state index is -1.46. The molecule has 6 aliphatic rings. The third-order valence-electron chi connectivity index (χ3n) is 9.49. The predicted molar refractivity (Wildman–Crippen MR) is 132 cm³/mol. The van der Waals surface area contributed by atoms with E-state index in [0.717, 1.165) is 11.1 Å². The van der Waals surface area contributed by atoms with Gasteiger partial charge in [-0.2, -0.15) is 0 Å². The molecule has 2 fully saturated rings. The van der Waals surface area contributed by atoms with Crippen molar-refractivity contribution in [3.05, 3.63) is 40.5 Å². The Hall–Kier alpha value is -2.64. The highest BCUT2D eigenvalue weighted by Crippen LogP contribution is 2.70. The lowest BCUT2D eigenvalue weighted by Crippen LogP contribution is -2.77. The van der Waals surface area contributed by atoms with Gasteiger partial charge in [-0.15, -0.1) is 0 Å². The molecule has 192 valence electrons. The van der Waals surface area contributed by atoms with E-state index in [0.29, 0.717) is 23.5 Å². The summed E-state index contributed by atoms with van der Waals surface area (Å²) in [6.07, 6.45) is 4.00. The molecule has 7 rings (SSSR count). The number of benzene rings is 1. The van der Waals surface area contributed by atoms with Gasteiger partial charge in [0.25, 0.3) is 0 Å². The van der Waals surface area contributed by atoms with Crippen LogP contribution in [0.25, 0.3) is 0 Å². The molecule has 1 saturated heterocycles. The van der Waals surface area contributed by atoms with Crippen molar-refractivity contribution in [1.82, 2.24) is 0 Å². The lowest BCUT2D eigenvalue weighted by Gasteiger charge is -2.59. The summed E-state index contributed by atoms with van der Waals surface area (Å²) in [6.45, 7) is 13.9. The number of ether oxygens (including phenoxy) is 4. The molecule has 5 atom stereocenters. The maximum atomic E-state index is 14.4. The van der Waals surface area contributed by atoms with Crippen molar-refractivity contribution >= 4 is 11.6 Å². The fourth-order valence-electron chi connectivity index (χ4n) is 7.37. The van der Waals surface area contributed by atoms with Gasteiger partial charge in [0.1, 0.15) is 34.5 Å². The Bertz CT molecular complexity index is 1310. The smallest absolute Gasteiger partial charge is 0.205 e. The van der Waals surface area contributed by atoms with E-state index in [-0.39, 0.29) is 41.3 Å². The molecule has 3 aliphatic heterocycles. The van der Waals surface area contributed by atoms with E-state index in [4.69, 9.17) is 18.9 Å². The molecule has 0 unspecified atom stereocenters. The Morgan fingerprint density at radius 2 is 1.92 bits per heavy atom. The van der Waals surface area contributed by atoms with E-state index >= 15 is 0 Å². The Labute approximate surface area is 211 Å². The van der Waals surface area contributed by atoms with Crippen molar-refractivity contribution in [2.45, 2.75) is 95.2 Å². The average molecular weight is 495 g/mol. The molecular weight excluding hydrogens is 460 g/mol. The van der Waals surface area contributed by atoms with Gasteiger partial charge in [-0.05, 0) is 47.1 Å². The molecule has 1 aromatic rings. The summed E-state index contributed by atoms with van der Waals surface area (Å²) >= 11 is 0. The van der Waals surface area contributed by atoms with Crippen molar-refractivity contribution in [1.29, 1.82) is 0 Å². The van der Waals surface area contributed by atoms with Gasteiger partial charge in [0.2, 0.25) is 5.78 Å². The number of carbonyl (C=O) groups is 2. The zero-order chi connectivity index (χ0) is 26.2. The van der Waals surface area contributed by atoms with E-state index in [9.17, 15) is 14.7 Å². The molecule has 36 heavy (non-hydrogen) atoms. The Kier molecular flexibility index (Phi) is 4.36. The van der Waals surface area contributed by atoms with Gasteiger partial charge in [-0.25, -0.2) is 0 Å². The van der Waals surface area contributed by atoms with Crippen LogP contribution in [0, 0.1) is 5.92 Å². The molecule has 3 heterocycles. The number of hydrogen-bond acceptors (Lipinski definition) is 7. The third-order valence-corrected chi connectivity index (χ3v) is 9.49. The van der Waals surface area contributed by atoms with Gasteiger partial charge in [0.15, 0.2) is 17.0 Å². The maximum Gasteiger partial charge on any atom is 0.205 e. The second-order valence-corrected chi connectivity index (χ2v) is 12.4. The van der Waals surface area contributed by atoms with Crippen LogP contribution in [0.2, 0.25) is 0 Å². The second-order valence-electron chi connectivity index (χ2n) is 12.4. The zero-order valence-corrected chi connectivity index (χ0v) is 22.2. The van der Waals surface area contributed by atoms with E-state index in [2.05, 4.69) is 0 Å². The lowest BCUT2D eigenvalue weighted by atomic mass is 9.49. The second kappa shape index (κ2) is 6.62. The summed E-state index contributed by atoms with van der Waals surface area (Å²) in [5.74, 6) is -0.319. The van der Waals surface area contributed by atoms with Crippen LogP contribution in [0.5, 0.6) is 17.2 Å². The Morgan fingerprint density at radius 3 is 2.56 bits per heavy atom. The normalized spacial score (nSPS) is 37.9. The number of phenols is 1. The van der Waals surface area contributed by atoms with Crippen LogP contribution in [0.3, 0.4) is 0 Å². The standard InChI is InChI=1S/C29H34O7/c1-14(2)9-10-28-24(32)27(33-8)12-16-22(31)20-17(30)11-18-21(25(4,5)15(3)34-18)23(20)35-29(16,28)19(13-27)26(6,7)36-28/h9,11-12,15,19,30H,10,13H2,1-8H3/t15-,19+,27+,28+,29-/m1/s1. The summed E-state index contributed by atoms with van der Waals surface area (Å²) in [7, 11) is 1.50. The largest absolute Gasteiger partial charge is 0.507 e. The van der Waals surface area contributed by atoms with Crippen molar-refractivity contribution in [3.63, 3.8) is 0 Å². The van der Waals surface area contributed by atoms with Crippen LogP contribution in [-0.2, 0) is 19.7 Å². The summed E-state index contributed by atoms with van der Waals surface area (Å²) < 4.78 is 25.8. The molecule has 0 radical (unpaired) electrons. The molecule has 7 nitrogen and oxygen atoms in total. The highest BCUT2D eigenvalue weighted by Gasteiger charge is 2.84. The number of allylic oxidation sites excluding steroid dienone is 1. The average Bonchev–Trinajstić information content (AvgIpc) is 3.10. The van der Waals surface area contributed by atoms with Crippen LogP contribution in [0.15, 0.2) is 29.4 Å². The molecule has 7 heteroatoms. The molecule has 1 saturated carbocycles. The Balaban J connectivity index is 1.71. The molecule has 1 aromatic carbocycles. The first kappa shape index (κ1) is 23.7. The fourth-order valence-corrected chi connectivity index (χ4v) is 7.37. The number of hydrogen-bond donors (Lipinski definition) is 1. The van der Waals surface area contributed by atoms with Crippen molar-refractivity contribution in [2.75, 3.05) is 7.11 Å².